The molecule has 1 heterocycles. The topological polar surface area (TPSA) is 73.8 Å². The number of guanidine groups is 1. The van der Waals surface area contributed by atoms with Crippen molar-refractivity contribution in [2.45, 2.75) is 37.5 Å². The van der Waals surface area contributed by atoms with Crippen molar-refractivity contribution >= 4 is 27.7 Å². The first-order valence-electron chi connectivity index (χ1n) is 10.7. The van der Waals surface area contributed by atoms with Crippen molar-refractivity contribution in [1.82, 2.24) is 14.9 Å². The summed E-state index contributed by atoms with van der Waals surface area (Å²) >= 11 is 1.91. The number of thioether (sulfide) groups is 1. The molecule has 1 aromatic carbocycles. The van der Waals surface area contributed by atoms with E-state index >= 15 is 0 Å². The number of likely N-dealkylation sites (tertiary alicyclic amines) is 1. The number of sulfonamides is 1. The van der Waals surface area contributed by atoms with Gasteiger partial charge in [0.15, 0.2) is 5.96 Å². The minimum Gasteiger partial charge on any atom is -0.357 e. The van der Waals surface area contributed by atoms with E-state index < -0.39 is 10.0 Å². The number of aliphatic imine (C=N–C) groups is 1. The van der Waals surface area contributed by atoms with Crippen LogP contribution in [-0.4, -0.2) is 63.5 Å². The number of nitrogens with zero attached hydrogens (tertiary/aromatic N) is 2. The number of hydrogen-bond acceptors (Lipinski definition) is 4. The minimum atomic E-state index is -3.24. The predicted molar refractivity (Wildman–Crippen MR) is 122 cm³/mol. The molecule has 0 bridgehead atoms. The third-order valence-electron chi connectivity index (χ3n) is 5.59. The van der Waals surface area contributed by atoms with Crippen molar-refractivity contribution in [1.29, 1.82) is 0 Å². The molecule has 0 amide bonds. The van der Waals surface area contributed by atoms with E-state index in [1.807, 2.05) is 24.8 Å². The van der Waals surface area contributed by atoms with Crippen LogP contribution < -0.4 is 10.0 Å². The number of nitrogens with one attached hydrogen (secondary N) is 2. The molecule has 29 heavy (non-hydrogen) atoms. The molecule has 2 aliphatic rings. The smallest absolute Gasteiger partial charge is 0.213 e. The van der Waals surface area contributed by atoms with E-state index in [9.17, 15) is 8.42 Å². The van der Waals surface area contributed by atoms with E-state index in [0.29, 0.717) is 24.9 Å². The van der Waals surface area contributed by atoms with Crippen LogP contribution in [0.3, 0.4) is 0 Å². The molecule has 1 aliphatic heterocycles. The van der Waals surface area contributed by atoms with Crippen molar-refractivity contribution < 1.29 is 8.42 Å². The molecule has 0 aromatic heterocycles. The summed E-state index contributed by atoms with van der Waals surface area (Å²) in [6.07, 6.45) is 4.66. The van der Waals surface area contributed by atoms with Gasteiger partial charge < -0.3 is 10.2 Å². The van der Waals surface area contributed by atoms with E-state index in [1.165, 1.54) is 11.3 Å². The fraction of sp³-hybridized carbons (Fsp3) is 0.667. The summed E-state index contributed by atoms with van der Waals surface area (Å²) in [5.74, 6) is 3.14. The highest BCUT2D eigenvalue weighted by Crippen LogP contribution is 2.26. The van der Waals surface area contributed by atoms with Gasteiger partial charge >= 0.3 is 0 Å². The summed E-state index contributed by atoms with van der Waals surface area (Å²) in [5, 5.41) is 3.33. The summed E-state index contributed by atoms with van der Waals surface area (Å²) in [5.41, 5.74) is 0. The number of rotatable bonds is 10. The predicted octanol–water partition coefficient (Wildman–Crippen LogP) is 2.79. The highest BCUT2D eigenvalue weighted by molar-refractivity contribution is 7.99. The van der Waals surface area contributed by atoms with Gasteiger partial charge in [-0.15, -0.1) is 11.8 Å². The van der Waals surface area contributed by atoms with Gasteiger partial charge in [0.2, 0.25) is 10.0 Å². The lowest BCUT2D eigenvalue weighted by Crippen LogP contribution is -2.41. The summed E-state index contributed by atoms with van der Waals surface area (Å²) in [7, 11) is -3.24. The Morgan fingerprint density at radius 2 is 2.00 bits per heavy atom. The maximum atomic E-state index is 12.2. The summed E-state index contributed by atoms with van der Waals surface area (Å²) in [6.45, 7) is 5.65. The van der Waals surface area contributed by atoms with E-state index in [1.54, 1.807) is 0 Å². The quantitative estimate of drug-likeness (QED) is 0.334. The van der Waals surface area contributed by atoms with Crippen LogP contribution in [0.1, 0.15) is 32.6 Å². The lowest BCUT2D eigenvalue weighted by Gasteiger charge is -2.25. The summed E-state index contributed by atoms with van der Waals surface area (Å²) < 4.78 is 27.1. The SMILES string of the molecule is CCNC(=NCCS(=O)(=O)NCC1CCC1)N1CCC(CSc2ccccc2)C1. The maximum absolute atomic E-state index is 12.2. The molecule has 3 rings (SSSR count). The van der Waals surface area contributed by atoms with Gasteiger partial charge in [-0.3, -0.25) is 4.99 Å². The minimum absolute atomic E-state index is 0.0513. The van der Waals surface area contributed by atoms with E-state index in [4.69, 9.17) is 0 Å². The van der Waals surface area contributed by atoms with Crippen LogP contribution in [0.5, 0.6) is 0 Å². The first-order chi connectivity index (χ1) is 14.1. The molecule has 8 heteroatoms. The van der Waals surface area contributed by atoms with Crippen LogP contribution in [0.4, 0.5) is 0 Å². The fourth-order valence-corrected chi connectivity index (χ4v) is 5.62. The Morgan fingerprint density at radius 3 is 2.69 bits per heavy atom. The largest absolute Gasteiger partial charge is 0.357 e. The normalized spacial score (nSPS) is 20.7. The standard InChI is InChI=1S/C21H34N4O2S2/c1-2-22-21(23-12-14-29(26,27)24-15-18-7-6-8-18)25-13-11-19(16-25)17-28-20-9-4-3-5-10-20/h3-5,9-10,18-19,24H,2,6-8,11-17H2,1H3,(H,22,23). The van der Waals surface area contributed by atoms with Crippen LogP contribution >= 0.6 is 11.8 Å². The Labute approximate surface area is 180 Å². The third kappa shape index (κ3) is 7.50. The van der Waals surface area contributed by atoms with Gasteiger partial charge in [0.1, 0.15) is 0 Å². The third-order valence-corrected chi connectivity index (χ3v) is 8.16. The molecule has 1 unspecified atom stereocenters. The van der Waals surface area contributed by atoms with Gasteiger partial charge in [-0.1, -0.05) is 24.6 Å². The second kappa shape index (κ2) is 11.2. The molecule has 1 aliphatic carbocycles. The van der Waals surface area contributed by atoms with Crippen LogP contribution in [0.15, 0.2) is 40.2 Å². The Morgan fingerprint density at radius 1 is 1.21 bits per heavy atom. The molecule has 1 atom stereocenters. The average molecular weight is 439 g/mol. The molecule has 1 aromatic rings. The molecular formula is C21H34N4O2S2. The molecule has 0 radical (unpaired) electrons. The molecule has 2 fully saturated rings. The Kier molecular flexibility index (Phi) is 8.68. The molecule has 1 saturated carbocycles. The zero-order valence-corrected chi connectivity index (χ0v) is 19.0. The van der Waals surface area contributed by atoms with E-state index in [-0.39, 0.29) is 5.75 Å². The first kappa shape index (κ1) is 22.4. The first-order valence-corrected chi connectivity index (χ1v) is 13.4. The van der Waals surface area contributed by atoms with Crippen molar-refractivity contribution in [2.24, 2.45) is 16.8 Å². The maximum Gasteiger partial charge on any atom is 0.213 e. The second-order valence-corrected chi connectivity index (χ2v) is 10.9. The van der Waals surface area contributed by atoms with Crippen molar-refractivity contribution in [3.8, 4) is 0 Å². The molecule has 0 spiro atoms. The van der Waals surface area contributed by atoms with Crippen molar-refractivity contribution in [3.05, 3.63) is 30.3 Å². The highest BCUT2D eigenvalue weighted by atomic mass is 32.2. The molecule has 1 saturated heterocycles. The fourth-order valence-electron chi connectivity index (χ4n) is 3.60. The lowest BCUT2D eigenvalue weighted by atomic mass is 9.86. The highest BCUT2D eigenvalue weighted by Gasteiger charge is 2.25. The summed E-state index contributed by atoms with van der Waals surface area (Å²) in [6, 6.07) is 10.5. The van der Waals surface area contributed by atoms with Gasteiger partial charge in [-0.2, -0.15) is 0 Å². The van der Waals surface area contributed by atoms with Crippen LogP contribution in [0, 0.1) is 11.8 Å². The zero-order chi connectivity index (χ0) is 20.5. The molecule has 2 N–H and O–H groups in total. The monoisotopic (exact) mass is 438 g/mol. The van der Waals surface area contributed by atoms with Crippen LogP contribution in [-0.2, 0) is 10.0 Å². The van der Waals surface area contributed by atoms with E-state index in [0.717, 1.165) is 50.6 Å². The van der Waals surface area contributed by atoms with Crippen molar-refractivity contribution in [3.63, 3.8) is 0 Å². The second-order valence-electron chi connectivity index (χ2n) is 7.92. The zero-order valence-electron chi connectivity index (χ0n) is 17.3. The number of hydrogen-bond donors (Lipinski definition) is 2. The van der Waals surface area contributed by atoms with Crippen molar-refractivity contribution in [2.75, 3.05) is 44.2 Å². The average Bonchev–Trinajstić information content (AvgIpc) is 3.14. The van der Waals surface area contributed by atoms with Crippen LogP contribution in [0.2, 0.25) is 0 Å². The summed E-state index contributed by atoms with van der Waals surface area (Å²) in [4.78, 5) is 8.18. The molecular weight excluding hydrogens is 404 g/mol. The Bertz CT molecular complexity index is 751. The van der Waals surface area contributed by atoms with Gasteiger partial charge in [-0.25, -0.2) is 13.1 Å². The number of benzene rings is 1. The van der Waals surface area contributed by atoms with Gasteiger partial charge in [-0.05, 0) is 50.2 Å². The Hall–Kier alpha value is -1.25. The lowest BCUT2D eigenvalue weighted by molar-refractivity contribution is 0.316. The van der Waals surface area contributed by atoms with E-state index in [2.05, 4.69) is 44.2 Å². The van der Waals surface area contributed by atoms with Gasteiger partial charge in [0, 0.05) is 36.8 Å². The Balaban J connectivity index is 1.44. The van der Waals surface area contributed by atoms with Gasteiger partial charge in [0.25, 0.3) is 0 Å². The van der Waals surface area contributed by atoms with Gasteiger partial charge in [0.05, 0.1) is 12.3 Å². The van der Waals surface area contributed by atoms with Crippen LogP contribution in [0.25, 0.3) is 0 Å². The molecule has 162 valence electrons. The molecule has 6 nitrogen and oxygen atoms in total.